The van der Waals surface area contributed by atoms with Gasteiger partial charge in [0.05, 0.1) is 11.3 Å². The lowest BCUT2D eigenvalue weighted by Crippen LogP contribution is -2.15. The van der Waals surface area contributed by atoms with E-state index in [-0.39, 0.29) is 0 Å². The highest BCUT2D eigenvalue weighted by atomic mass is 16.6. The van der Waals surface area contributed by atoms with Gasteiger partial charge in [0.15, 0.2) is 17.8 Å². The first-order valence-electron chi connectivity index (χ1n) is 6.65. The lowest BCUT2D eigenvalue weighted by atomic mass is 10.0. The van der Waals surface area contributed by atoms with E-state index >= 15 is 0 Å². The average Bonchev–Trinajstić information content (AvgIpc) is 2.85. The number of ether oxygens (including phenoxy) is 2. The normalized spacial score (nSPS) is 13.2. The van der Waals surface area contributed by atoms with Crippen molar-refractivity contribution in [3.63, 3.8) is 0 Å². The molecule has 0 unspecified atom stereocenters. The summed E-state index contributed by atoms with van der Waals surface area (Å²) >= 11 is 0. The number of aldehydes is 1. The molecule has 5 heteroatoms. The van der Waals surface area contributed by atoms with E-state index < -0.39 is 0 Å². The summed E-state index contributed by atoms with van der Waals surface area (Å²) in [6.07, 6.45) is 2.39. The Morgan fingerprint density at radius 3 is 2.85 bits per heavy atom. The van der Waals surface area contributed by atoms with Gasteiger partial charge in [-0.2, -0.15) is 5.10 Å². The molecule has 1 N–H and O–H groups in total. The van der Waals surface area contributed by atoms with Crippen LogP contribution in [0.3, 0.4) is 0 Å². The quantitative estimate of drug-likeness (QED) is 0.866. The van der Waals surface area contributed by atoms with Crippen molar-refractivity contribution < 1.29 is 14.3 Å². The van der Waals surface area contributed by atoms with E-state index in [2.05, 4.69) is 10.2 Å². The third-order valence-corrected chi connectivity index (χ3v) is 3.45. The highest BCUT2D eigenvalue weighted by molar-refractivity contribution is 5.78. The van der Waals surface area contributed by atoms with Crippen molar-refractivity contribution in [3.05, 3.63) is 40.7 Å². The molecule has 0 spiro atoms. The largest absolute Gasteiger partial charge is 0.486 e. The molecule has 0 saturated heterocycles. The number of carbonyl (C=O) groups excluding carboxylic acids is 1. The van der Waals surface area contributed by atoms with Gasteiger partial charge in [-0.3, -0.25) is 9.89 Å². The van der Waals surface area contributed by atoms with Crippen LogP contribution in [0.25, 0.3) is 0 Å². The van der Waals surface area contributed by atoms with Crippen LogP contribution >= 0.6 is 0 Å². The third kappa shape index (κ3) is 2.39. The fourth-order valence-electron chi connectivity index (χ4n) is 2.34. The van der Waals surface area contributed by atoms with Crippen LogP contribution in [0.2, 0.25) is 0 Å². The first-order chi connectivity index (χ1) is 9.78. The monoisotopic (exact) mass is 272 g/mol. The van der Waals surface area contributed by atoms with Gasteiger partial charge in [0.1, 0.15) is 13.2 Å². The maximum atomic E-state index is 11.0. The zero-order valence-corrected chi connectivity index (χ0v) is 11.3. The van der Waals surface area contributed by atoms with Gasteiger partial charge in [-0.1, -0.05) is 6.07 Å². The predicted octanol–water partition coefficient (Wildman–Crippen LogP) is 2.09. The molecule has 104 valence electrons. The molecule has 3 rings (SSSR count). The van der Waals surface area contributed by atoms with Crippen molar-refractivity contribution in [2.24, 2.45) is 0 Å². The van der Waals surface area contributed by atoms with E-state index in [9.17, 15) is 4.79 Å². The molecule has 0 radical (unpaired) electrons. The van der Waals surface area contributed by atoms with Gasteiger partial charge in [0, 0.05) is 5.69 Å². The van der Waals surface area contributed by atoms with Gasteiger partial charge in [0.2, 0.25) is 0 Å². The van der Waals surface area contributed by atoms with Crippen LogP contribution in [-0.2, 0) is 12.8 Å². The van der Waals surface area contributed by atoms with Crippen molar-refractivity contribution >= 4 is 6.29 Å². The molecule has 2 aromatic rings. The Kier molecular flexibility index (Phi) is 3.41. The highest BCUT2D eigenvalue weighted by Crippen LogP contribution is 2.31. The minimum atomic E-state index is 0.588. The molecule has 5 nitrogen and oxygen atoms in total. The van der Waals surface area contributed by atoms with Crippen LogP contribution in [0.15, 0.2) is 18.2 Å². The minimum Gasteiger partial charge on any atom is -0.486 e. The molecule has 1 aromatic carbocycles. The van der Waals surface area contributed by atoms with Crippen molar-refractivity contribution in [1.82, 2.24) is 10.2 Å². The zero-order valence-electron chi connectivity index (χ0n) is 11.3. The Hall–Kier alpha value is -2.30. The zero-order chi connectivity index (χ0) is 13.9. The smallest absolute Gasteiger partial charge is 0.161 e. The molecule has 0 aliphatic carbocycles. The molecule has 0 bridgehead atoms. The third-order valence-electron chi connectivity index (χ3n) is 3.45. The SMILES string of the molecule is Cc1[nH]nc(CCc2ccc3c(c2)OCCO3)c1C=O. The molecular formula is C15H16N2O3. The summed E-state index contributed by atoms with van der Waals surface area (Å²) in [5.41, 5.74) is 3.44. The number of benzene rings is 1. The number of hydrogen-bond acceptors (Lipinski definition) is 4. The molecular weight excluding hydrogens is 256 g/mol. The molecule has 2 heterocycles. The Labute approximate surface area is 116 Å². The maximum absolute atomic E-state index is 11.0. The Morgan fingerprint density at radius 2 is 2.05 bits per heavy atom. The van der Waals surface area contributed by atoms with Crippen molar-refractivity contribution in [2.45, 2.75) is 19.8 Å². The first-order valence-corrected chi connectivity index (χ1v) is 6.65. The molecule has 1 aliphatic rings. The van der Waals surface area contributed by atoms with E-state index in [1.807, 2.05) is 25.1 Å². The second kappa shape index (κ2) is 5.36. The molecule has 1 aliphatic heterocycles. The van der Waals surface area contributed by atoms with Gasteiger partial charge in [-0.15, -0.1) is 0 Å². The number of nitrogens with zero attached hydrogens (tertiary/aromatic N) is 1. The van der Waals surface area contributed by atoms with Gasteiger partial charge >= 0.3 is 0 Å². The molecule has 20 heavy (non-hydrogen) atoms. The summed E-state index contributed by atoms with van der Waals surface area (Å²) < 4.78 is 11.1. The Balaban J connectivity index is 1.73. The highest BCUT2D eigenvalue weighted by Gasteiger charge is 2.13. The predicted molar refractivity (Wildman–Crippen MR) is 73.6 cm³/mol. The number of nitrogens with one attached hydrogen (secondary N) is 1. The van der Waals surface area contributed by atoms with E-state index in [1.54, 1.807) is 0 Å². The van der Waals surface area contributed by atoms with Crippen molar-refractivity contribution in [3.8, 4) is 11.5 Å². The maximum Gasteiger partial charge on any atom is 0.161 e. The fourth-order valence-corrected chi connectivity index (χ4v) is 2.34. The van der Waals surface area contributed by atoms with Crippen LogP contribution in [0, 0.1) is 6.92 Å². The summed E-state index contributed by atoms with van der Waals surface area (Å²) in [4.78, 5) is 11.0. The molecule has 0 saturated carbocycles. The minimum absolute atomic E-state index is 0.588. The standard InChI is InChI=1S/C15H16N2O3/c1-10-12(9-18)13(17-16-10)4-2-11-3-5-14-15(8-11)20-7-6-19-14/h3,5,8-9H,2,4,6-7H2,1H3,(H,16,17). The molecule has 0 amide bonds. The number of carbonyl (C=O) groups is 1. The molecule has 0 fully saturated rings. The van der Waals surface area contributed by atoms with Crippen LogP contribution < -0.4 is 9.47 Å². The number of H-pyrrole nitrogens is 1. The van der Waals surface area contributed by atoms with Gasteiger partial charge in [-0.05, 0) is 37.5 Å². The molecule has 0 atom stereocenters. The topological polar surface area (TPSA) is 64.2 Å². The van der Waals surface area contributed by atoms with Gasteiger partial charge in [-0.25, -0.2) is 0 Å². The summed E-state index contributed by atoms with van der Waals surface area (Å²) in [5, 5.41) is 7.03. The van der Waals surface area contributed by atoms with Crippen molar-refractivity contribution in [1.29, 1.82) is 0 Å². The lowest BCUT2D eigenvalue weighted by Gasteiger charge is -2.18. The number of aromatic nitrogens is 2. The lowest BCUT2D eigenvalue weighted by molar-refractivity contribution is 0.112. The first kappa shape index (κ1) is 12.7. The summed E-state index contributed by atoms with van der Waals surface area (Å²) in [7, 11) is 0. The number of hydrogen-bond donors (Lipinski definition) is 1. The van der Waals surface area contributed by atoms with Crippen LogP contribution in [0.4, 0.5) is 0 Å². The Bertz CT molecular complexity index is 634. The van der Waals surface area contributed by atoms with E-state index in [1.165, 1.54) is 0 Å². The fraction of sp³-hybridized carbons (Fsp3) is 0.333. The second-order valence-electron chi connectivity index (χ2n) is 4.80. The summed E-state index contributed by atoms with van der Waals surface area (Å²) in [6.45, 7) is 3.04. The van der Waals surface area contributed by atoms with E-state index in [0.29, 0.717) is 18.8 Å². The second-order valence-corrected chi connectivity index (χ2v) is 4.80. The van der Waals surface area contributed by atoms with Gasteiger partial charge < -0.3 is 9.47 Å². The van der Waals surface area contributed by atoms with Crippen LogP contribution in [0.1, 0.15) is 27.3 Å². The number of fused-ring (bicyclic) bond motifs is 1. The number of aryl methyl sites for hydroxylation is 3. The van der Waals surface area contributed by atoms with Gasteiger partial charge in [0.25, 0.3) is 0 Å². The Morgan fingerprint density at radius 1 is 1.25 bits per heavy atom. The summed E-state index contributed by atoms with van der Waals surface area (Å²) in [6, 6.07) is 5.95. The number of rotatable bonds is 4. The molecule has 1 aromatic heterocycles. The van der Waals surface area contributed by atoms with E-state index in [0.717, 1.165) is 47.6 Å². The summed E-state index contributed by atoms with van der Waals surface area (Å²) in [5.74, 6) is 1.59. The van der Waals surface area contributed by atoms with Crippen LogP contribution in [-0.4, -0.2) is 29.7 Å². The van der Waals surface area contributed by atoms with Crippen LogP contribution in [0.5, 0.6) is 11.5 Å². The van der Waals surface area contributed by atoms with Crippen molar-refractivity contribution in [2.75, 3.05) is 13.2 Å². The number of aromatic amines is 1. The average molecular weight is 272 g/mol. The van der Waals surface area contributed by atoms with E-state index in [4.69, 9.17) is 9.47 Å².